The van der Waals surface area contributed by atoms with Crippen LogP contribution < -0.4 is 5.32 Å². The molecule has 0 spiro atoms. The number of hydrogen-bond donors (Lipinski definition) is 1. The minimum atomic E-state index is 0.902. The molecule has 0 unspecified atom stereocenters. The third-order valence-electron chi connectivity index (χ3n) is 3.51. The highest BCUT2D eigenvalue weighted by molar-refractivity contribution is 9.10. The van der Waals surface area contributed by atoms with Gasteiger partial charge in [0.15, 0.2) is 0 Å². The molecular formula is C17H20BrN. The Morgan fingerprint density at radius 2 is 1.47 bits per heavy atom. The number of nitrogens with one attached hydrogen (secondary N) is 1. The van der Waals surface area contributed by atoms with Crippen molar-refractivity contribution in [2.24, 2.45) is 0 Å². The van der Waals surface area contributed by atoms with E-state index < -0.39 is 0 Å². The summed E-state index contributed by atoms with van der Waals surface area (Å²) in [5, 5.41) is 3.51. The average Bonchev–Trinajstić information content (AvgIpc) is 2.38. The van der Waals surface area contributed by atoms with Gasteiger partial charge in [-0.25, -0.2) is 0 Å². The highest BCUT2D eigenvalue weighted by Crippen LogP contribution is 2.15. The van der Waals surface area contributed by atoms with Crippen LogP contribution in [0.5, 0.6) is 0 Å². The normalized spacial score (nSPS) is 10.7. The minimum Gasteiger partial charge on any atom is -0.309 e. The summed E-state index contributed by atoms with van der Waals surface area (Å²) in [6, 6.07) is 13.0. The van der Waals surface area contributed by atoms with E-state index in [1.54, 1.807) is 0 Å². The number of hydrogen-bond acceptors (Lipinski definition) is 1. The maximum atomic E-state index is 3.51. The van der Waals surface area contributed by atoms with Gasteiger partial charge in [0.05, 0.1) is 0 Å². The van der Waals surface area contributed by atoms with Crippen LogP contribution in [0.2, 0.25) is 0 Å². The molecule has 0 fully saturated rings. The molecule has 1 N–H and O–H groups in total. The third-order valence-corrected chi connectivity index (χ3v) is 4.04. The third kappa shape index (κ3) is 3.92. The Hall–Kier alpha value is -1.12. The molecule has 0 heterocycles. The quantitative estimate of drug-likeness (QED) is 0.864. The van der Waals surface area contributed by atoms with Gasteiger partial charge in [-0.2, -0.15) is 0 Å². The molecule has 0 radical (unpaired) electrons. The van der Waals surface area contributed by atoms with Gasteiger partial charge in [-0.15, -0.1) is 0 Å². The van der Waals surface area contributed by atoms with Gasteiger partial charge in [-0.05, 0) is 60.7 Å². The van der Waals surface area contributed by atoms with Crippen LogP contribution in [-0.2, 0) is 13.1 Å². The standard InChI is InChI=1S/C17H20BrN/c1-12-8-14(3)16(9-13(12)2)11-19-10-15-4-6-17(18)7-5-15/h4-9,19H,10-11H2,1-3H3. The van der Waals surface area contributed by atoms with E-state index in [0.717, 1.165) is 17.6 Å². The second-order valence-corrected chi connectivity index (χ2v) is 6.01. The van der Waals surface area contributed by atoms with Crippen molar-refractivity contribution >= 4 is 15.9 Å². The number of benzene rings is 2. The summed E-state index contributed by atoms with van der Waals surface area (Å²) < 4.78 is 1.13. The Morgan fingerprint density at radius 3 is 2.16 bits per heavy atom. The monoisotopic (exact) mass is 317 g/mol. The van der Waals surface area contributed by atoms with Crippen LogP contribution in [0, 0.1) is 20.8 Å². The van der Waals surface area contributed by atoms with E-state index in [9.17, 15) is 0 Å². The zero-order chi connectivity index (χ0) is 13.8. The molecule has 0 atom stereocenters. The molecule has 0 aromatic heterocycles. The van der Waals surface area contributed by atoms with E-state index in [4.69, 9.17) is 0 Å². The smallest absolute Gasteiger partial charge is 0.0211 e. The van der Waals surface area contributed by atoms with Crippen molar-refractivity contribution in [2.45, 2.75) is 33.9 Å². The number of rotatable bonds is 4. The van der Waals surface area contributed by atoms with Crippen LogP contribution in [0.4, 0.5) is 0 Å². The molecule has 100 valence electrons. The fourth-order valence-electron chi connectivity index (χ4n) is 2.15. The predicted octanol–water partition coefficient (Wildman–Crippen LogP) is 4.66. The Balaban J connectivity index is 1.96. The molecule has 1 nitrogen and oxygen atoms in total. The lowest BCUT2D eigenvalue weighted by Gasteiger charge is -2.11. The molecule has 0 bridgehead atoms. The van der Waals surface area contributed by atoms with Gasteiger partial charge in [0.2, 0.25) is 0 Å². The molecule has 0 saturated carbocycles. The zero-order valence-electron chi connectivity index (χ0n) is 11.8. The second-order valence-electron chi connectivity index (χ2n) is 5.09. The lowest BCUT2D eigenvalue weighted by molar-refractivity contribution is 0.690. The average molecular weight is 318 g/mol. The Labute approximate surface area is 124 Å². The molecular weight excluding hydrogens is 298 g/mol. The Morgan fingerprint density at radius 1 is 0.842 bits per heavy atom. The Kier molecular flexibility index (Phi) is 4.78. The van der Waals surface area contributed by atoms with E-state index >= 15 is 0 Å². The van der Waals surface area contributed by atoms with Crippen molar-refractivity contribution in [3.05, 3.63) is 68.7 Å². The fraction of sp³-hybridized carbons (Fsp3) is 0.294. The SMILES string of the molecule is Cc1cc(C)c(CNCc2ccc(Br)cc2)cc1C. The predicted molar refractivity (Wildman–Crippen MR) is 85.3 cm³/mol. The second kappa shape index (κ2) is 6.36. The minimum absolute atomic E-state index is 0.902. The van der Waals surface area contributed by atoms with E-state index in [1.807, 2.05) is 0 Å². The number of halogens is 1. The highest BCUT2D eigenvalue weighted by Gasteiger charge is 2.01. The topological polar surface area (TPSA) is 12.0 Å². The van der Waals surface area contributed by atoms with Crippen molar-refractivity contribution in [3.63, 3.8) is 0 Å². The summed E-state index contributed by atoms with van der Waals surface area (Å²) in [5.74, 6) is 0. The highest BCUT2D eigenvalue weighted by atomic mass is 79.9. The molecule has 19 heavy (non-hydrogen) atoms. The summed E-state index contributed by atoms with van der Waals surface area (Å²) in [4.78, 5) is 0. The van der Waals surface area contributed by atoms with Gasteiger partial charge in [0, 0.05) is 17.6 Å². The molecule has 2 aromatic rings. The molecule has 2 aromatic carbocycles. The lowest BCUT2D eigenvalue weighted by atomic mass is 10.0. The van der Waals surface area contributed by atoms with Gasteiger partial charge in [0.25, 0.3) is 0 Å². The molecule has 0 aliphatic heterocycles. The van der Waals surface area contributed by atoms with Crippen LogP contribution in [0.1, 0.15) is 27.8 Å². The first-order chi connectivity index (χ1) is 9.06. The van der Waals surface area contributed by atoms with Crippen molar-refractivity contribution in [3.8, 4) is 0 Å². The number of aryl methyl sites for hydroxylation is 3. The largest absolute Gasteiger partial charge is 0.309 e. The first kappa shape index (κ1) is 14.3. The lowest BCUT2D eigenvalue weighted by Crippen LogP contribution is -2.13. The molecule has 2 rings (SSSR count). The van der Waals surface area contributed by atoms with Crippen LogP contribution >= 0.6 is 15.9 Å². The summed E-state index contributed by atoms with van der Waals surface area (Å²) in [7, 11) is 0. The van der Waals surface area contributed by atoms with Crippen LogP contribution in [-0.4, -0.2) is 0 Å². The van der Waals surface area contributed by atoms with E-state index in [2.05, 4.69) is 78.4 Å². The van der Waals surface area contributed by atoms with Gasteiger partial charge in [-0.1, -0.05) is 40.2 Å². The zero-order valence-corrected chi connectivity index (χ0v) is 13.3. The summed E-state index contributed by atoms with van der Waals surface area (Å²) in [6.45, 7) is 8.35. The van der Waals surface area contributed by atoms with Crippen molar-refractivity contribution in [1.29, 1.82) is 0 Å². The molecule has 0 aliphatic rings. The van der Waals surface area contributed by atoms with E-state index in [0.29, 0.717) is 0 Å². The van der Waals surface area contributed by atoms with Gasteiger partial charge in [-0.3, -0.25) is 0 Å². The van der Waals surface area contributed by atoms with Crippen molar-refractivity contribution in [1.82, 2.24) is 5.32 Å². The van der Waals surface area contributed by atoms with Gasteiger partial charge >= 0.3 is 0 Å². The fourth-order valence-corrected chi connectivity index (χ4v) is 2.42. The first-order valence-electron chi connectivity index (χ1n) is 6.58. The van der Waals surface area contributed by atoms with Crippen LogP contribution in [0.15, 0.2) is 40.9 Å². The summed E-state index contributed by atoms with van der Waals surface area (Å²) in [6.07, 6.45) is 0. The Bertz CT molecular complexity index is 558. The van der Waals surface area contributed by atoms with Crippen LogP contribution in [0.25, 0.3) is 0 Å². The summed E-state index contributed by atoms with van der Waals surface area (Å²) in [5.41, 5.74) is 6.80. The van der Waals surface area contributed by atoms with Gasteiger partial charge in [0.1, 0.15) is 0 Å². The molecule has 2 heteroatoms. The van der Waals surface area contributed by atoms with Crippen molar-refractivity contribution < 1.29 is 0 Å². The molecule has 0 aliphatic carbocycles. The summed E-state index contributed by atoms with van der Waals surface area (Å²) >= 11 is 3.45. The maximum Gasteiger partial charge on any atom is 0.0211 e. The maximum absolute atomic E-state index is 3.51. The van der Waals surface area contributed by atoms with Crippen molar-refractivity contribution in [2.75, 3.05) is 0 Å². The molecule has 0 amide bonds. The van der Waals surface area contributed by atoms with E-state index in [1.165, 1.54) is 27.8 Å². The van der Waals surface area contributed by atoms with Gasteiger partial charge < -0.3 is 5.32 Å². The van der Waals surface area contributed by atoms with E-state index in [-0.39, 0.29) is 0 Å². The van der Waals surface area contributed by atoms with Crippen LogP contribution in [0.3, 0.4) is 0 Å². The first-order valence-corrected chi connectivity index (χ1v) is 7.37. The molecule has 0 saturated heterocycles.